The fourth-order valence-electron chi connectivity index (χ4n) is 2.26. The number of nitrogens with zero attached hydrogens (tertiary/aromatic N) is 1. The van der Waals surface area contributed by atoms with Crippen LogP contribution in [-0.4, -0.2) is 15.6 Å². The maximum Gasteiger partial charge on any atom is 0.338 e. The number of benzene rings is 1. The van der Waals surface area contributed by atoms with Gasteiger partial charge >= 0.3 is 5.97 Å². The smallest absolute Gasteiger partial charge is 0.338 e. The van der Waals surface area contributed by atoms with E-state index in [0.717, 1.165) is 5.52 Å². The zero-order chi connectivity index (χ0) is 13.4. The van der Waals surface area contributed by atoms with Gasteiger partial charge in [0.15, 0.2) is 0 Å². The van der Waals surface area contributed by atoms with Crippen molar-refractivity contribution in [3.8, 4) is 0 Å². The van der Waals surface area contributed by atoms with Crippen molar-refractivity contribution in [2.45, 2.75) is 13.5 Å². The number of aromatic nitrogens is 1. The van der Waals surface area contributed by atoms with Gasteiger partial charge in [-0.05, 0) is 30.7 Å². The Morgan fingerprint density at radius 1 is 1.37 bits per heavy atom. The minimum absolute atomic E-state index is 0.183. The third kappa shape index (κ3) is 2.01. The van der Waals surface area contributed by atoms with Crippen LogP contribution in [0.15, 0.2) is 47.2 Å². The monoisotopic (exact) mass is 255 g/mol. The Hall–Kier alpha value is -2.49. The van der Waals surface area contributed by atoms with Crippen LogP contribution in [0.4, 0.5) is 0 Å². The largest absolute Gasteiger partial charge is 0.478 e. The van der Waals surface area contributed by atoms with E-state index < -0.39 is 5.97 Å². The molecule has 3 aromatic rings. The van der Waals surface area contributed by atoms with Crippen LogP contribution in [-0.2, 0) is 6.54 Å². The molecule has 2 aromatic heterocycles. The molecule has 0 saturated carbocycles. The average molecular weight is 255 g/mol. The molecule has 1 aromatic carbocycles. The molecule has 0 atom stereocenters. The standard InChI is InChI=1S/C15H13NO3/c1-10-3-2-4-14-13(10)5-6-16(14)8-12-7-11(9-19-12)15(17)18/h2-7,9H,8H2,1H3,(H,17,18). The molecule has 0 fully saturated rings. The van der Waals surface area contributed by atoms with E-state index >= 15 is 0 Å². The zero-order valence-electron chi connectivity index (χ0n) is 10.5. The lowest BCUT2D eigenvalue weighted by Gasteiger charge is -2.03. The number of aryl methyl sites for hydroxylation is 1. The fourth-order valence-corrected chi connectivity index (χ4v) is 2.26. The van der Waals surface area contributed by atoms with Crippen LogP contribution >= 0.6 is 0 Å². The summed E-state index contributed by atoms with van der Waals surface area (Å²) in [6.07, 6.45) is 3.26. The number of fused-ring (bicyclic) bond motifs is 1. The summed E-state index contributed by atoms with van der Waals surface area (Å²) in [5.41, 5.74) is 2.53. The fraction of sp³-hybridized carbons (Fsp3) is 0.133. The van der Waals surface area contributed by atoms with Crippen LogP contribution < -0.4 is 0 Å². The van der Waals surface area contributed by atoms with Crippen LogP contribution in [0.25, 0.3) is 10.9 Å². The Labute approximate surface area is 109 Å². The normalized spacial score (nSPS) is 11.0. The van der Waals surface area contributed by atoms with Crippen molar-refractivity contribution in [1.29, 1.82) is 0 Å². The molecular weight excluding hydrogens is 242 g/mol. The van der Waals surface area contributed by atoms with Crippen molar-refractivity contribution < 1.29 is 14.3 Å². The van der Waals surface area contributed by atoms with Gasteiger partial charge < -0.3 is 14.1 Å². The van der Waals surface area contributed by atoms with Crippen LogP contribution in [0.2, 0.25) is 0 Å². The highest BCUT2D eigenvalue weighted by Crippen LogP contribution is 2.21. The Morgan fingerprint density at radius 3 is 2.95 bits per heavy atom. The van der Waals surface area contributed by atoms with Crippen LogP contribution in [0, 0.1) is 6.92 Å². The first-order valence-electron chi connectivity index (χ1n) is 6.00. The topological polar surface area (TPSA) is 55.4 Å². The SMILES string of the molecule is Cc1cccc2c1ccn2Cc1cc(C(=O)O)co1. The molecule has 0 spiro atoms. The number of hydrogen-bond donors (Lipinski definition) is 1. The predicted molar refractivity (Wildman–Crippen MR) is 71.4 cm³/mol. The first-order chi connectivity index (χ1) is 9.15. The number of furan rings is 1. The summed E-state index contributed by atoms with van der Waals surface area (Å²) in [5.74, 6) is -0.334. The molecule has 2 heterocycles. The van der Waals surface area contributed by atoms with Gasteiger partial charge in [0.05, 0.1) is 12.1 Å². The lowest BCUT2D eigenvalue weighted by atomic mass is 10.1. The van der Waals surface area contributed by atoms with Crippen molar-refractivity contribution in [1.82, 2.24) is 4.57 Å². The van der Waals surface area contributed by atoms with Crippen molar-refractivity contribution in [3.63, 3.8) is 0 Å². The molecule has 0 amide bonds. The maximum atomic E-state index is 10.8. The van der Waals surface area contributed by atoms with E-state index in [-0.39, 0.29) is 5.56 Å². The Balaban J connectivity index is 1.96. The number of carbonyl (C=O) groups is 1. The number of hydrogen-bond acceptors (Lipinski definition) is 2. The molecule has 3 rings (SSSR count). The van der Waals surface area contributed by atoms with Gasteiger partial charge in [-0.25, -0.2) is 4.79 Å². The van der Waals surface area contributed by atoms with Gasteiger partial charge in [0.2, 0.25) is 0 Å². The molecular formula is C15H13NO3. The third-order valence-corrected chi connectivity index (χ3v) is 3.26. The summed E-state index contributed by atoms with van der Waals surface area (Å²) < 4.78 is 7.33. The molecule has 0 aliphatic carbocycles. The number of rotatable bonds is 3. The number of carboxylic acid groups (broad SMARTS) is 1. The van der Waals surface area contributed by atoms with E-state index in [0.29, 0.717) is 12.3 Å². The molecule has 0 aliphatic rings. The second-order valence-corrected chi connectivity index (χ2v) is 4.56. The zero-order valence-corrected chi connectivity index (χ0v) is 10.5. The van der Waals surface area contributed by atoms with Crippen LogP contribution in [0.1, 0.15) is 21.7 Å². The van der Waals surface area contributed by atoms with Gasteiger partial charge in [-0.1, -0.05) is 12.1 Å². The molecule has 4 nitrogen and oxygen atoms in total. The van der Waals surface area contributed by atoms with E-state index in [9.17, 15) is 4.79 Å². The molecule has 4 heteroatoms. The molecule has 0 aliphatic heterocycles. The van der Waals surface area contributed by atoms with E-state index in [1.54, 1.807) is 6.07 Å². The molecule has 96 valence electrons. The van der Waals surface area contributed by atoms with Crippen LogP contribution in [0.5, 0.6) is 0 Å². The van der Waals surface area contributed by atoms with E-state index in [1.807, 2.05) is 22.9 Å². The van der Waals surface area contributed by atoms with Gasteiger partial charge in [-0.2, -0.15) is 0 Å². The van der Waals surface area contributed by atoms with Gasteiger partial charge in [-0.3, -0.25) is 0 Å². The summed E-state index contributed by atoms with van der Waals surface area (Å²) in [7, 11) is 0. The first kappa shape index (κ1) is 11.6. The first-order valence-corrected chi connectivity index (χ1v) is 6.00. The maximum absolute atomic E-state index is 10.8. The summed E-state index contributed by atoms with van der Waals surface area (Å²) >= 11 is 0. The molecule has 1 N–H and O–H groups in total. The highest BCUT2D eigenvalue weighted by molar-refractivity contribution is 5.87. The van der Waals surface area contributed by atoms with E-state index in [4.69, 9.17) is 9.52 Å². The molecule has 0 saturated heterocycles. The summed E-state index contributed by atoms with van der Waals surface area (Å²) in [6, 6.07) is 9.75. The van der Waals surface area contributed by atoms with E-state index in [2.05, 4.69) is 19.1 Å². The predicted octanol–water partition coefficient (Wildman–Crippen LogP) is 3.29. The highest BCUT2D eigenvalue weighted by atomic mass is 16.4. The average Bonchev–Trinajstić information content (AvgIpc) is 2.98. The highest BCUT2D eigenvalue weighted by Gasteiger charge is 2.10. The lowest BCUT2D eigenvalue weighted by Crippen LogP contribution is -1.97. The van der Waals surface area contributed by atoms with Crippen molar-refractivity contribution in [2.75, 3.05) is 0 Å². The van der Waals surface area contributed by atoms with Crippen LogP contribution in [0.3, 0.4) is 0 Å². The molecule has 19 heavy (non-hydrogen) atoms. The van der Waals surface area contributed by atoms with Gasteiger partial charge in [0.25, 0.3) is 0 Å². The summed E-state index contributed by atoms with van der Waals surface area (Å²) in [6.45, 7) is 2.60. The van der Waals surface area contributed by atoms with Gasteiger partial charge in [0.1, 0.15) is 12.0 Å². The number of carboxylic acids is 1. The summed E-state index contributed by atoms with van der Waals surface area (Å²) in [4.78, 5) is 10.8. The second-order valence-electron chi connectivity index (χ2n) is 4.56. The van der Waals surface area contributed by atoms with Gasteiger partial charge in [-0.15, -0.1) is 0 Å². The van der Waals surface area contributed by atoms with Gasteiger partial charge in [0, 0.05) is 17.1 Å². The summed E-state index contributed by atoms with van der Waals surface area (Å²) in [5, 5.41) is 10.1. The third-order valence-electron chi connectivity index (χ3n) is 3.26. The van der Waals surface area contributed by atoms with Crippen molar-refractivity contribution in [2.24, 2.45) is 0 Å². The van der Waals surface area contributed by atoms with Crippen molar-refractivity contribution >= 4 is 16.9 Å². The van der Waals surface area contributed by atoms with Crippen molar-refractivity contribution in [3.05, 3.63) is 59.7 Å². The minimum atomic E-state index is -0.969. The number of aromatic carboxylic acids is 1. The van der Waals surface area contributed by atoms with E-state index in [1.165, 1.54) is 17.2 Å². The molecule has 0 bridgehead atoms. The Kier molecular flexibility index (Phi) is 2.63. The Bertz CT molecular complexity index is 752. The molecule has 0 unspecified atom stereocenters. The minimum Gasteiger partial charge on any atom is -0.478 e. The quantitative estimate of drug-likeness (QED) is 0.781. The Morgan fingerprint density at radius 2 is 2.21 bits per heavy atom. The second kappa shape index (κ2) is 4.31. The lowest BCUT2D eigenvalue weighted by molar-refractivity contribution is 0.0696. The molecule has 0 radical (unpaired) electrons.